The number of hydrogen-bond donors (Lipinski definition) is 0. The lowest BCUT2D eigenvalue weighted by atomic mass is 9.98. The van der Waals surface area contributed by atoms with E-state index in [1.54, 1.807) is 20.3 Å². The molecule has 0 aliphatic heterocycles. The van der Waals surface area contributed by atoms with Gasteiger partial charge in [0.1, 0.15) is 18.1 Å². The standard InChI is InChI=1S/C19H22O4/c1-14(15-7-5-4-6-8-15)11-19(20)23-13-16-12-17(21-2)9-10-18(16)22-3/h4-10,12,14H,11,13H2,1-3H3. The highest BCUT2D eigenvalue weighted by molar-refractivity contribution is 5.70. The molecule has 0 radical (unpaired) electrons. The van der Waals surface area contributed by atoms with Gasteiger partial charge in [0, 0.05) is 5.56 Å². The molecule has 2 rings (SSSR count). The highest BCUT2D eigenvalue weighted by atomic mass is 16.5. The summed E-state index contributed by atoms with van der Waals surface area (Å²) in [6.07, 6.45) is 0.344. The van der Waals surface area contributed by atoms with Crippen molar-refractivity contribution in [3.8, 4) is 11.5 Å². The van der Waals surface area contributed by atoms with Crippen LogP contribution in [0.2, 0.25) is 0 Å². The number of carbonyl (C=O) groups is 1. The van der Waals surface area contributed by atoms with Crippen molar-refractivity contribution in [1.82, 2.24) is 0 Å². The van der Waals surface area contributed by atoms with Crippen LogP contribution >= 0.6 is 0 Å². The molecule has 0 heterocycles. The summed E-state index contributed by atoms with van der Waals surface area (Å²) in [4.78, 5) is 12.1. The van der Waals surface area contributed by atoms with Crippen LogP contribution in [0.15, 0.2) is 48.5 Å². The normalized spacial score (nSPS) is 11.6. The Morgan fingerprint density at radius 3 is 2.43 bits per heavy atom. The van der Waals surface area contributed by atoms with Gasteiger partial charge in [-0.15, -0.1) is 0 Å². The third-order valence-corrected chi connectivity index (χ3v) is 3.72. The monoisotopic (exact) mass is 314 g/mol. The Morgan fingerprint density at radius 2 is 1.78 bits per heavy atom. The summed E-state index contributed by atoms with van der Waals surface area (Å²) in [5, 5.41) is 0. The molecule has 0 aliphatic carbocycles. The van der Waals surface area contributed by atoms with E-state index in [0.29, 0.717) is 17.9 Å². The Hall–Kier alpha value is -2.49. The van der Waals surface area contributed by atoms with Gasteiger partial charge in [0.15, 0.2) is 0 Å². The maximum atomic E-state index is 12.1. The Labute approximate surface area is 137 Å². The molecule has 0 bridgehead atoms. The summed E-state index contributed by atoms with van der Waals surface area (Å²) in [6, 6.07) is 15.4. The second kappa shape index (κ2) is 8.22. The molecule has 4 heteroatoms. The minimum Gasteiger partial charge on any atom is -0.497 e. The first-order chi connectivity index (χ1) is 11.1. The van der Waals surface area contributed by atoms with Gasteiger partial charge in [-0.25, -0.2) is 0 Å². The predicted octanol–water partition coefficient (Wildman–Crippen LogP) is 3.94. The second-order valence-corrected chi connectivity index (χ2v) is 5.35. The molecule has 0 saturated heterocycles. The molecular formula is C19H22O4. The Kier molecular flexibility index (Phi) is 6.03. The van der Waals surface area contributed by atoms with Gasteiger partial charge in [0.25, 0.3) is 0 Å². The van der Waals surface area contributed by atoms with Crippen molar-refractivity contribution < 1.29 is 19.0 Å². The number of benzene rings is 2. The van der Waals surface area contributed by atoms with Gasteiger partial charge >= 0.3 is 5.97 Å². The van der Waals surface area contributed by atoms with E-state index in [9.17, 15) is 4.79 Å². The molecule has 2 aromatic carbocycles. The first-order valence-corrected chi connectivity index (χ1v) is 7.55. The summed E-state index contributed by atoms with van der Waals surface area (Å²) in [7, 11) is 3.18. The number of methoxy groups -OCH3 is 2. The smallest absolute Gasteiger partial charge is 0.306 e. The fraction of sp³-hybridized carbons (Fsp3) is 0.316. The topological polar surface area (TPSA) is 44.8 Å². The van der Waals surface area contributed by atoms with E-state index < -0.39 is 0 Å². The molecule has 122 valence electrons. The van der Waals surface area contributed by atoms with E-state index in [0.717, 1.165) is 11.1 Å². The van der Waals surface area contributed by atoms with Crippen LogP contribution in [-0.2, 0) is 16.1 Å². The van der Waals surface area contributed by atoms with Crippen LogP contribution in [0.5, 0.6) is 11.5 Å². The summed E-state index contributed by atoms with van der Waals surface area (Å²) in [5.41, 5.74) is 1.91. The zero-order valence-corrected chi connectivity index (χ0v) is 13.7. The highest BCUT2D eigenvalue weighted by Gasteiger charge is 2.13. The Balaban J connectivity index is 1.94. The summed E-state index contributed by atoms with van der Waals surface area (Å²) in [5.74, 6) is 1.27. The van der Waals surface area contributed by atoms with Crippen molar-refractivity contribution in [1.29, 1.82) is 0 Å². The molecule has 2 aromatic rings. The summed E-state index contributed by atoms with van der Waals surface area (Å²) >= 11 is 0. The van der Waals surface area contributed by atoms with Crippen molar-refractivity contribution in [2.75, 3.05) is 14.2 Å². The third kappa shape index (κ3) is 4.74. The van der Waals surface area contributed by atoms with Crippen LogP contribution in [-0.4, -0.2) is 20.2 Å². The van der Waals surface area contributed by atoms with Crippen LogP contribution in [0.3, 0.4) is 0 Å². The third-order valence-electron chi connectivity index (χ3n) is 3.72. The van der Waals surface area contributed by atoms with Gasteiger partial charge < -0.3 is 14.2 Å². The quantitative estimate of drug-likeness (QED) is 0.726. The first kappa shape index (κ1) is 16.9. The molecule has 0 fully saturated rings. The van der Waals surface area contributed by atoms with Crippen LogP contribution in [0.4, 0.5) is 0 Å². The molecule has 4 nitrogen and oxygen atoms in total. The lowest BCUT2D eigenvalue weighted by molar-refractivity contribution is -0.145. The molecule has 1 unspecified atom stereocenters. The van der Waals surface area contributed by atoms with Crippen molar-refractivity contribution in [3.05, 3.63) is 59.7 Å². The first-order valence-electron chi connectivity index (χ1n) is 7.55. The summed E-state index contributed by atoms with van der Waals surface area (Å²) in [6.45, 7) is 2.18. The number of carbonyl (C=O) groups excluding carboxylic acids is 1. The zero-order valence-electron chi connectivity index (χ0n) is 13.7. The van der Waals surface area contributed by atoms with Crippen molar-refractivity contribution in [3.63, 3.8) is 0 Å². The van der Waals surface area contributed by atoms with Crippen molar-refractivity contribution in [2.45, 2.75) is 25.9 Å². The molecule has 0 amide bonds. The SMILES string of the molecule is COc1ccc(OC)c(COC(=O)CC(C)c2ccccc2)c1. The van der Waals surface area contributed by atoms with E-state index in [2.05, 4.69) is 0 Å². The second-order valence-electron chi connectivity index (χ2n) is 5.35. The molecule has 0 aromatic heterocycles. The van der Waals surface area contributed by atoms with Gasteiger partial charge in [0.05, 0.1) is 20.6 Å². The summed E-state index contributed by atoms with van der Waals surface area (Å²) < 4.78 is 15.9. The maximum absolute atomic E-state index is 12.1. The van der Waals surface area contributed by atoms with Gasteiger partial charge in [-0.05, 0) is 29.7 Å². The van der Waals surface area contributed by atoms with Crippen LogP contribution in [0.25, 0.3) is 0 Å². The predicted molar refractivity (Wildman–Crippen MR) is 88.8 cm³/mol. The van der Waals surface area contributed by atoms with E-state index in [1.165, 1.54) is 0 Å². The van der Waals surface area contributed by atoms with Crippen LogP contribution in [0, 0.1) is 0 Å². The molecule has 0 spiro atoms. The van der Waals surface area contributed by atoms with Crippen LogP contribution < -0.4 is 9.47 Å². The van der Waals surface area contributed by atoms with E-state index in [-0.39, 0.29) is 18.5 Å². The number of ether oxygens (including phenoxy) is 3. The van der Waals surface area contributed by atoms with Gasteiger partial charge in [-0.2, -0.15) is 0 Å². The van der Waals surface area contributed by atoms with Crippen LogP contribution in [0.1, 0.15) is 30.4 Å². The Morgan fingerprint density at radius 1 is 1.04 bits per heavy atom. The average molecular weight is 314 g/mol. The molecule has 23 heavy (non-hydrogen) atoms. The maximum Gasteiger partial charge on any atom is 0.306 e. The fourth-order valence-electron chi connectivity index (χ4n) is 2.36. The van der Waals surface area contributed by atoms with Gasteiger partial charge in [0.2, 0.25) is 0 Å². The zero-order chi connectivity index (χ0) is 16.7. The van der Waals surface area contributed by atoms with Crippen molar-refractivity contribution >= 4 is 5.97 Å². The highest BCUT2D eigenvalue weighted by Crippen LogP contribution is 2.25. The molecule has 0 saturated carbocycles. The lowest BCUT2D eigenvalue weighted by Gasteiger charge is -2.13. The molecule has 1 atom stereocenters. The average Bonchev–Trinajstić information content (AvgIpc) is 2.60. The van der Waals surface area contributed by atoms with Crippen molar-refractivity contribution in [2.24, 2.45) is 0 Å². The molecular weight excluding hydrogens is 292 g/mol. The number of hydrogen-bond acceptors (Lipinski definition) is 4. The van der Waals surface area contributed by atoms with E-state index in [1.807, 2.05) is 49.4 Å². The largest absolute Gasteiger partial charge is 0.497 e. The van der Waals surface area contributed by atoms with Gasteiger partial charge in [-0.1, -0.05) is 37.3 Å². The number of esters is 1. The fourth-order valence-corrected chi connectivity index (χ4v) is 2.36. The Bertz CT molecular complexity index is 637. The number of rotatable bonds is 7. The molecule has 0 aliphatic rings. The molecule has 0 N–H and O–H groups in total. The minimum absolute atomic E-state index is 0.121. The van der Waals surface area contributed by atoms with E-state index >= 15 is 0 Å². The minimum atomic E-state index is -0.230. The lowest BCUT2D eigenvalue weighted by Crippen LogP contribution is -2.09. The van der Waals surface area contributed by atoms with Gasteiger partial charge in [-0.3, -0.25) is 4.79 Å². The van der Waals surface area contributed by atoms with E-state index in [4.69, 9.17) is 14.2 Å².